The fourth-order valence-corrected chi connectivity index (χ4v) is 3.56. The first-order valence-electron chi connectivity index (χ1n) is 8.59. The summed E-state index contributed by atoms with van der Waals surface area (Å²) in [7, 11) is 0. The lowest BCUT2D eigenvalue weighted by molar-refractivity contribution is 0.144. The van der Waals surface area contributed by atoms with Gasteiger partial charge in [-0.1, -0.05) is 44.5 Å². The summed E-state index contributed by atoms with van der Waals surface area (Å²) in [5.41, 5.74) is 9.35. The molecule has 2 atom stereocenters. The van der Waals surface area contributed by atoms with Crippen molar-refractivity contribution in [1.29, 1.82) is 0 Å². The normalized spacial score (nSPS) is 24.5. The number of hydrogen-bond donors (Lipinski definition) is 1. The van der Waals surface area contributed by atoms with Crippen molar-refractivity contribution in [2.75, 3.05) is 6.54 Å². The van der Waals surface area contributed by atoms with Crippen molar-refractivity contribution in [1.82, 2.24) is 4.90 Å². The molecule has 0 saturated carbocycles. The zero-order valence-corrected chi connectivity index (χ0v) is 14.2. The third kappa shape index (κ3) is 4.31. The number of benzene rings is 1. The Balaban J connectivity index is 2.22. The first kappa shape index (κ1) is 16.5. The number of rotatable bonds is 4. The third-order valence-electron chi connectivity index (χ3n) is 4.60. The second kappa shape index (κ2) is 7.42. The van der Waals surface area contributed by atoms with Crippen molar-refractivity contribution in [3.05, 3.63) is 35.4 Å². The molecule has 118 valence electrons. The molecule has 0 aliphatic carbocycles. The van der Waals surface area contributed by atoms with E-state index in [9.17, 15) is 0 Å². The Morgan fingerprint density at radius 1 is 1.10 bits per heavy atom. The van der Waals surface area contributed by atoms with Gasteiger partial charge < -0.3 is 5.73 Å². The molecule has 2 rings (SSSR count). The average molecular weight is 288 g/mol. The zero-order valence-electron chi connectivity index (χ0n) is 14.2. The van der Waals surface area contributed by atoms with Gasteiger partial charge in [0.1, 0.15) is 0 Å². The largest absolute Gasteiger partial charge is 0.326 e. The molecule has 1 aliphatic heterocycles. The minimum absolute atomic E-state index is 0.255. The molecule has 0 amide bonds. The van der Waals surface area contributed by atoms with Gasteiger partial charge in [0, 0.05) is 12.1 Å². The highest BCUT2D eigenvalue weighted by Gasteiger charge is 2.30. The summed E-state index contributed by atoms with van der Waals surface area (Å²) in [6.45, 7) is 10.3. The molecule has 0 spiro atoms. The van der Waals surface area contributed by atoms with E-state index in [1.807, 2.05) is 0 Å². The number of likely N-dealkylation sites (tertiary alicyclic amines) is 1. The fourth-order valence-electron chi connectivity index (χ4n) is 3.56. The van der Waals surface area contributed by atoms with Crippen LogP contribution in [0.1, 0.15) is 64.1 Å². The van der Waals surface area contributed by atoms with Gasteiger partial charge in [0.25, 0.3) is 0 Å². The van der Waals surface area contributed by atoms with Crippen LogP contribution in [0.4, 0.5) is 0 Å². The van der Waals surface area contributed by atoms with E-state index in [4.69, 9.17) is 5.73 Å². The Morgan fingerprint density at radius 3 is 2.33 bits per heavy atom. The molecule has 1 heterocycles. The fraction of sp³-hybridized carbons (Fsp3) is 0.684. The highest BCUT2D eigenvalue weighted by atomic mass is 15.2. The van der Waals surface area contributed by atoms with E-state index in [0.717, 1.165) is 12.8 Å². The van der Waals surface area contributed by atoms with Crippen molar-refractivity contribution >= 4 is 0 Å². The molecule has 1 fully saturated rings. The summed E-state index contributed by atoms with van der Waals surface area (Å²) < 4.78 is 0. The Hall–Kier alpha value is -0.860. The van der Waals surface area contributed by atoms with Crippen molar-refractivity contribution in [3.8, 4) is 0 Å². The van der Waals surface area contributed by atoms with Crippen LogP contribution in [0.3, 0.4) is 0 Å². The Bertz CT molecular complexity index is 422. The quantitative estimate of drug-likeness (QED) is 0.902. The topological polar surface area (TPSA) is 29.3 Å². The van der Waals surface area contributed by atoms with Crippen LogP contribution in [-0.4, -0.2) is 23.5 Å². The second-order valence-corrected chi connectivity index (χ2v) is 7.28. The maximum atomic E-state index is 6.52. The Kier molecular flexibility index (Phi) is 5.83. The smallest absolute Gasteiger partial charge is 0.0501 e. The van der Waals surface area contributed by atoms with Crippen molar-refractivity contribution in [2.45, 2.75) is 71.5 Å². The van der Waals surface area contributed by atoms with Gasteiger partial charge >= 0.3 is 0 Å². The standard InChI is InChI=1S/C19H32N2/c1-14(2)13-16-8-10-17(11-9-16)19-18(20)7-5-6-12-21(19)15(3)4/h8-11,14-15,18-19H,5-7,12-13,20H2,1-4H3. The maximum absolute atomic E-state index is 6.52. The molecule has 2 N–H and O–H groups in total. The molecule has 1 aliphatic rings. The van der Waals surface area contributed by atoms with E-state index in [0.29, 0.717) is 18.0 Å². The van der Waals surface area contributed by atoms with Crippen LogP contribution in [0.2, 0.25) is 0 Å². The second-order valence-electron chi connectivity index (χ2n) is 7.28. The molecular weight excluding hydrogens is 256 g/mol. The van der Waals surface area contributed by atoms with E-state index >= 15 is 0 Å². The third-order valence-corrected chi connectivity index (χ3v) is 4.60. The number of nitrogens with zero attached hydrogens (tertiary/aromatic N) is 1. The molecule has 2 heteroatoms. The first-order valence-corrected chi connectivity index (χ1v) is 8.59. The summed E-state index contributed by atoms with van der Waals surface area (Å²) in [6.07, 6.45) is 4.83. The summed E-state index contributed by atoms with van der Waals surface area (Å²) in [4.78, 5) is 2.59. The summed E-state index contributed by atoms with van der Waals surface area (Å²) in [6, 6.07) is 10.4. The summed E-state index contributed by atoms with van der Waals surface area (Å²) in [5.74, 6) is 0.711. The average Bonchev–Trinajstić information content (AvgIpc) is 2.61. The maximum Gasteiger partial charge on any atom is 0.0501 e. The lowest BCUT2D eigenvalue weighted by Gasteiger charge is -2.36. The molecule has 0 bridgehead atoms. The minimum Gasteiger partial charge on any atom is -0.326 e. The lowest BCUT2D eigenvalue weighted by Crippen LogP contribution is -2.43. The van der Waals surface area contributed by atoms with E-state index < -0.39 is 0 Å². The van der Waals surface area contributed by atoms with E-state index in [2.05, 4.69) is 56.9 Å². The molecule has 2 nitrogen and oxygen atoms in total. The van der Waals surface area contributed by atoms with Crippen LogP contribution in [-0.2, 0) is 6.42 Å². The van der Waals surface area contributed by atoms with Crippen molar-refractivity contribution in [3.63, 3.8) is 0 Å². The van der Waals surface area contributed by atoms with Gasteiger partial charge in [0.05, 0.1) is 6.04 Å². The van der Waals surface area contributed by atoms with Gasteiger partial charge in [0.15, 0.2) is 0 Å². The van der Waals surface area contributed by atoms with Gasteiger partial charge in [-0.05, 0) is 56.7 Å². The molecule has 2 unspecified atom stereocenters. The lowest BCUT2D eigenvalue weighted by atomic mass is 9.93. The predicted molar refractivity (Wildman–Crippen MR) is 91.4 cm³/mol. The Morgan fingerprint density at radius 2 is 1.76 bits per heavy atom. The highest BCUT2D eigenvalue weighted by molar-refractivity contribution is 5.27. The van der Waals surface area contributed by atoms with Crippen LogP contribution in [0.5, 0.6) is 0 Å². The minimum atomic E-state index is 0.255. The Labute approximate surface area is 130 Å². The summed E-state index contributed by atoms with van der Waals surface area (Å²) in [5, 5.41) is 0. The summed E-state index contributed by atoms with van der Waals surface area (Å²) >= 11 is 0. The van der Waals surface area contributed by atoms with Crippen LogP contribution >= 0.6 is 0 Å². The van der Waals surface area contributed by atoms with Crippen LogP contribution in [0, 0.1) is 5.92 Å². The zero-order chi connectivity index (χ0) is 15.4. The molecular formula is C19H32N2. The van der Waals surface area contributed by atoms with Gasteiger partial charge in [0.2, 0.25) is 0 Å². The first-order chi connectivity index (χ1) is 9.99. The molecule has 21 heavy (non-hydrogen) atoms. The van der Waals surface area contributed by atoms with Gasteiger partial charge in [-0.3, -0.25) is 4.90 Å². The van der Waals surface area contributed by atoms with Gasteiger partial charge in [-0.25, -0.2) is 0 Å². The van der Waals surface area contributed by atoms with Crippen molar-refractivity contribution < 1.29 is 0 Å². The van der Waals surface area contributed by atoms with E-state index in [-0.39, 0.29) is 6.04 Å². The van der Waals surface area contributed by atoms with Crippen molar-refractivity contribution in [2.24, 2.45) is 11.7 Å². The van der Waals surface area contributed by atoms with Crippen LogP contribution in [0.25, 0.3) is 0 Å². The molecule has 0 radical (unpaired) electrons. The predicted octanol–water partition coefficient (Wildman–Crippen LogP) is 4.15. The van der Waals surface area contributed by atoms with Crippen LogP contribution < -0.4 is 5.73 Å². The SMILES string of the molecule is CC(C)Cc1ccc(C2C(N)CCCCN2C(C)C)cc1. The monoisotopic (exact) mass is 288 g/mol. The van der Waals surface area contributed by atoms with Gasteiger partial charge in [-0.15, -0.1) is 0 Å². The number of nitrogens with two attached hydrogens (primary N) is 1. The van der Waals surface area contributed by atoms with Crippen LogP contribution in [0.15, 0.2) is 24.3 Å². The number of hydrogen-bond acceptors (Lipinski definition) is 2. The van der Waals surface area contributed by atoms with E-state index in [1.54, 1.807) is 0 Å². The molecule has 1 aromatic carbocycles. The van der Waals surface area contributed by atoms with Gasteiger partial charge in [-0.2, -0.15) is 0 Å². The highest BCUT2D eigenvalue weighted by Crippen LogP contribution is 2.31. The molecule has 1 aromatic rings. The molecule has 1 saturated heterocycles. The van der Waals surface area contributed by atoms with E-state index in [1.165, 1.54) is 30.5 Å². The molecule has 0 aromatic heterocycles.